The van der Waals surface area contributed by atoms with Crippen molar-refractivity contribution < 1.29 is 27.2 Å². The van der Waals surface area contributed by atoms with Gasteiger partial charge in [0.15, 0.2) is 22.1 Å². The number of carbonyl (C=O) groups excluding carboxylic acids is 1. The number of carbonyl (C=O) groups is 1. The second-order valence-electron chi connectivity index (χ2n) is 8.18. The molecular weight excluding hydrogens is 485 g/mol. The van der Waals surface area contributed by atoms with Gasteiger partial charge in [0.05, 0.1) is 24.3 Å². The van der Waals surface area contributed by atoms with Crippen LogP contribution in [-0.4, -0.2) is 75.4 Å². The van der Waals surface area contributed by atoms with Crippen molar-refractivity contribution in [1.29, 1.82) is 0 Å². The lowest BCUT2D eigenvalue weighted by molar-refractivity contribution is -0.110. The molecule has 0 saturated carbocycles. The van der Waals surface area contributed by atoms with E-state index in [4.69, 9.17) is 9.57 Å². The SMILES string of the molecule is CN1CCC(NS(=O)(=O)c2ccc(C(=NO[C@@H]3CCOC3)C(=O)Nc3ncc(F)s3)cc2)CC1. The average molecular weight is 512 g/mol. The molecule has 13 heteroatoms. The molecule has 1 aromatic carbocycles. The third-order valence-corrected chi connectivity index (χ3v) is 7.81. The van der Waals surface area contributed by atoms with Crippen LogP contribution in [-0.2, 0) is 24.4 Å². The van der Waals surface area contributed by atoms with Crippen LogP contribution in [0.15, 0.2) is 40.5 Å². The largest absolute Gasteiger partial charge is 0.389 e. The predicted octanol–water partition coefficient (Wildman–Crippen LogP) is 1.80. The number of likely N-dealkylation sites (tertiary alicyclic amines) is 1. The van der Waals surface area contributed by atoms with E-state index in [-0.39, 0.29) is 27.9 Å². The van der Waals surface area contributed by atoms with Gasteiger partial charge in [-0.3, -0.25) is 10.1 Å². The fourth-order valence-corrected chi connectivity index (χ4v) is 5.47. The van der Waals surface area contributed by atoms with Gasteiger partial charge in [0.1, 0.15) is 0 Å². The first kappa shape index (κ1) is 24.7. The summed E-state index contributed by atoms with van der Waals surface area (Å²) in [5.74, 6) is -0.659. The van der Waals surface area contributed by atoms with Crippen molar-refractivity contribution >= 4 is 38.1 Å². The molecule has 34 heavy (non-hydrogen) atoms. The molecule has 1 atom stereocenters. The number of sulfonamides is 1. The van der Waals surface area contributed by atoms with E-state index in [0.717, 1.165) is 32.1 Å². The predicted molar refractivity (Wildman–Crippen MR) is 125 cm³/mol. The summed E-state index contributed by atoms with van der Waals surface area (Å²) in [5, 5.41) is 6.03. The minimum absolute atomic E-state index is 0.0703. The molecule has 4 rings (SSSR count). The number of benzene rings is 1. The second-order valence-corrected chi connectivity index (χ2v) is 10.9. The number of piperidine rings is 1. The number of halogens is 1. The third-order valence-electron chi connectivity index (χ3n) is 5.57. The van der Waals surface area contributed by atoms with Crippen LogP contribution in [0.2, 0.25) is 0 Å². The summed E-state index contributed by atoms with van der Waals surface area (Å²) in [4.78, 5) is 24.3. The molecule has 184 valence electrons. The van der Waals surface area contributed by atoms with Gasteiger partial charge < -0.3 is 14.5 Å². The maximum absolute atomic E-state index is 13.3. The van der Waals surface area contributed by atoms with Crippen LogP contribution in [0, 0.1) is 5.13 Å². The first-order valence-electron chi connectivity index (χ1n) is 10.9. The first-order chi connectivity index (χ1) is 16.3. The lowest BCUT2D eigenvalue weighted by Gasteiger charge is -2.29. The van der Waals surface area contributed by atoms with E-state index in [1.54, 1.807) is 0 Å². The van der Waals surface area contributed by atoms with E-state index >= 15 is 0 Å². The van der Waals surface area contributed by atoms with Gasteiger partial charge >= 0.3 is 0 Å². The molecule has 3 heterocycles. The molecule has 2 aliphatic heterocycles. The molecule has 0 spiro atoms. The standard InChI is InChI=1S/C21H26FN5O5S2/c1-27-9-6-15(7-10-27)26-34(29,30)17-4-2-14(3-5-17)19(25-32-16-8-11-31-13-16)20(28)24-21-23-12-18(22)33-21/h2-5,12,15-16,26H,6-11,13H2,1H3,(H,23,24,28)/t16-/m1/s1. The topological polar surface area (TPSA) is 122 Å². The van der Waals surface area contributed by atoms with Crippen LogP contribution in [0.25, 0.3) is 0 Å². The van der Waals surface area contributed by atoms with Gasteiger partial charge in [-0.1, -0.05) is 28.6 Å². The number of nitrogens with one attached hydrogen (secondary N) is 2. The lowest BCUT2D eigenvalue weighted by atomic mass is 10.1. The smallest absolute Gasteiger partial charge is 0.280 e. The van der Waals surface area contributed by atoms with Crippen LogP contribution >= 0.6 is 11.3 Å². The van der Waals surface area contributed by atoms with Gasteiger partial charge in [0, 0.05) is 18.0 Å². The number of oxime groups is 1. The summed E-state index contributed by atoms with van der Waals surface area (Å²) in [6.07, 6.45) is 2.82. The van der Waals surface area contributed by atoms with Crippen LogP contribution in [0.3, 0.4) is 0 Å². The summed E-state index contributed by atoms with van der Waals surface area (Å²) in [5.41, 5.74) is 0.251. The van der Waals surface area contributed by atoms with Crippen molar-refractivity contribution in [2.75, 3.05) is 38.7 Å². The van der Waals surface area contributed by atoms with Gasteiger partial charge in [-0.2, -0.15) is 4.39 Å². The number of hydrogen-bond acceptors (Lipinski definition) is 9. The maximum atomic E-state index is 13.3. The van der Waals surface area contributed by atoms with E-state index < -0.39 is 21.1 Å². The molecule has 0 unspecified atom stereocenters. The Bertz CT molecular complexity index is 1120. The number of anilines is 1. The number of aromatic nitrogens is 1. The Labute approximate surface area is 201 Å². The number of nitrogens with zero attached hydrogens (tertiary/aromatic N) is 3. The highest BCUT2D eigenvalue weighted by molar-refractivity contribution is 7.89. The molecular formula is C21H26FN5O5S2. The molecule has 2 saturated heterocycles. The summed E-state index contributed by atoms with van der Waals surface area (Å²) in [6.45, 7) is 2.55. The summed E-state index contributed by atoms with van der Waals surface area (Å²) in [6, 6.07) is 5.68. The van der Waals surface area contributed by atoms with Gasteiger partial charge in [-0.15, -0.1) is 0 Å². The fraction of sp³-hybridized carbons (Fsp3) is 0.476. The number of rotatable bonds is 8. The zero-order valence-corrected chi connectivity index (χ0v) is 20.2. The van der Waals surface area contributed by atoms with Crippen molar-refractivity contribution in [3.8, 4) is 0 Å². The second kappa shape index (κ2) is 10.9. The van der Waals surface area contributed by atoms with Crippen molar-refractivity contribution in [3.05, 3.63) is 41.2 Å². The molecule has 10 nitrogen and oxygen atoms in total. The van der Waals surface area contributed by atoms with Crippen LogP contribution < -0.4 is 10.0 Å². The van der Waals surface area contributed by atoms with Gasteiger partial charge in [0.2, 0.25) is 10.0 Å². The Kier molecular flexibility index (Phi) is 7.88. The van der Waals surface area contributed by atoms with Crippen LogP contribution in [0.4, 0.5) is 9.52 Å². The number of hydrogen-bond donors (Lipinski definition) is 2. The van der Waals surface area contributed by atoms with E-state index in [9.17, 15) is 17.6 Å². The van der Waals surface area contributed by atoms with E-state index in [1.165, 1.54) is 24.3 Å². The first-order valence-corrected chi connectivity index (χ1v) is 13.2. The monoisotopic (exact) mass is 511 g/mol. The van der Waals surface area contributed by atoms with E-state index in [1.807, 2.05) is 7.05 Å². The summed E-state index contributed by atoms with van der Waals surface area (Å²) < 4.78 is 46.9. The molecule has 0 radical (unpaired) electrons. The number of thiazole rings is 1. The van der Waals surface area contributed by atoms with Crippen molar-refractivity contribution in [2.45, 2.75) is 36.3 Å². The van der Waals surface area contributed by atoms with Gasteiger partial charge in [-0.05, 0) is 45.1 Å². The van der Waals surface area contributed by atoms with Crippen LogP contribution in [0.5, 0.6) is 0 Å². The molecule has 1 amide bonds. The zero-order valence-electron chi connectivity index (χ0n) is 18.6. The number of amides is 1. The third kappa shape index (κ3) is 6.36. The minimum Gasteiger partial charge on any atom is -0.389 e. The molecule has 2 N–H and O–H groups in total. The lowest BCUT2D eigenvalue weighted by Crippen LogP contribution is -2.43. The number of ether oxygens (including phenoxy) is 1. The Morgan fingerprint density at radius 3 is 2.62 bits per heavy atom. The summed E-state index contributed by atoms with van der Waals surface area (Å²) >= 11 is 0.678. The van der Waals surface area contributed by atoms with Crippen molar-refractivity contribution in [2.24, 2.45) is 5.16 Å². The highest BCUT2D eigenvalue weighted by atomic mass is 32.2. The molecule has 2 aliphatic rings. The van der Waals surface area contributed by atoms with E-state index in [2.05, 4.69) is 25.1 Å². The molecule has 0 aliphatic carbocycles. The van der Waals surface area contributed by atoms with E-state index in [0.29, 0.717) is 36.5 Å². The Hall–Kier alpha value is -2.45. The van der Waals surface area contributed by atoms with Gasteiger partial charge in [0.25, 0.3) is 5.91 Å². The van der Waals surface area contributed by atoms with Gasteiger partial charge in [-0.25, -0.2) is 18.1 Å². The zero-order chi connectivity index (χ0) is 24.1. The quantitative estimate of drug-likeness (QED) is 0.409. The molecule has 2 fully saturated rings. The fourth-order valence-electron chi connectivity index (χ4n) is 3.62. The average Bonchev–Trinajstić information content (AvgIpc) is 3.47. The molecule has 2 aromatic rings. The Morgan fingerprint density at radius 1 is 1.26 bits per heavy atom. The van der Waals surface area contributed by atoms with Crippen LogP contribution in [0.1, 0.15) is 24.8 Å². The van der Waals surface area contributed by atoms with Crippen molar-refractivity contribution in [3.63, 3.8) is 0 Å². The summed E-state index contributed by atoms with van der Waals surface area (Å²) in [7, 11) is -1.71. The highest BCUT2D eigenvalue weighted by Crippen LogP contribution is 2.19. The normalized spacial score (nSPS) is 20.4. The molecule has 1 aromatic heterocycles. The van der Waals surface area contributed by atoms with Crippen molar-refractivity contribution in [1.82, 2.24) is 14.6 Å². The Morgan fingerprint density at radius 2 is 2.00 bits per heavy atom. The minimum atomic E-state index is -3.72. The Balaban J connectivity index is 1.51. The molecule has 0 bridgehead atoms. The maximum Gasteiger partial charge on any atom is 0.280 e. The highest BCUT2D eigenvalue weighted by Gasteiger charge is 2.25.